The molecule has 3 heteroatoms. The summed E-state index contributed by atoms with van der Waals surface area (Å²) in [5.41, 5.74) is 8.80. The molecule has 0 saturated heterocycles. The van der Waals surface area contributed by atoms with Crippen LogP contribution >= 0.6 is 0 Å². The fraction of sp³-hybridized carbons (Fsp3) is 0.0714. The maximum atomic E-state index is 11.9. The van der Waals surface area contributed by atoms with Gasteiger partial charge < -0.3 is 11.1 Å². The third kappa shape index (κ3) is 2.64. The molecule has 0 spiro atoms. The minimum absolute atomic E-state index is 0.131. The van der Waals surface area contributed by atoms with Crippen molar-refractivity contribution in [2.45, 2.75) is 6.92 Å². The quantitative estimate of drug-likeness (QED) is 0.773. The Hall–Kier alpha value is -2.29. The molecule has 0 unspecified atom stereocenters. The van der Waals surface area contributed by atoms with E-state index < -0.39 is 0 Å². The highest BCUT2D eigenvalue weighted by Gasteiger charge is 2.05. The first-order chi connectivity index (χ1) is 8.16. The number of carbonyl (C=O) groups is 1. The van der Waals surface area contributed by atoms with Crippen molar-refractivity contribution in [1.29, 1.82) is 0 Å². The highest BCUT2D eigenvalue weighted by molar-refractivity contribution is 6.04. The molecule has 0 atom stereocenters. The zero-order valence-electron chi connectivity index (χ0n) is 9.60. The number of nitrogens with one attached hydrogen (secondary N) is 1. The summed E-state index contributed by atoms with van der Waals surface area (Å²) >= 11 is 0. The maximum Gasteiger partial charge on any atom is 0.255 e. The lowest BCUT2D eigenvalue weighted by Gasteiger charge is -2.07. The van der Waals surface area contributed by atoms with Crippen LogP contribution in [0.2, 0.25) is 0 Å². The van der Waals surface area contributed by atoms with Crippen LogP contribution in [0.25, 0.3) is 0 Å². The molecule has 0 saturated carbocycles. The van der Waals surface area contributed by atoms with Crippen LogP contribution in [0, 0.1) is 6.92 Å². The second kappa shape index (κ2) is 4.70. The molecule has 0 radical (unpaired) electrons. The second-order valence-corrected chi connectivity index (χ2v) is 3.89. The number of hydrogen-bond donors (Lipinski definition) is 2. The zero-order valence-corrected chi connectivity index (χ0v) is 9.60. The molecular formula is C14H14N2O. The molecule has 0 aliphatic heterocycles. The lowest BCUT2D eigenvalue weighted by Crippen LogP contribution is -2.11. The van der Waals surface area contributed by atoms with Crippen molar-refractivity contribution in [3.05, 3.63) is 59.7 Å². The third-order valence-electron chi connectivity index (χ3n) is 2.57. The van der Waals surface area contributed by atoms with Gasteiger partial charge in [-0.15, -0.1) is 0 Å². The van der Waals surface area contributed by atoms with Gasteiger partial charge >= 0.3 is 0 Å². The van der Waals surface area contributed by atoms with Crippen molar-refractivity contribution in [2.24, 2.45) is 0 Å². The first kappa shape index (κ1) is 11.2. The molecule has 0 heterocycles. The van der Waals surface area contributed by atoms with Gasteiger partial charge in [-0.25, -0.2) is 0 Å². The molecule has 86 valence electrons. The number of anilines is 2. The smallest absolute Gasteiger partial charge is 0.255 e. The van der Waals surface area contributed by atoms with Gasteiger partial charge in [0, 0.05) is 16.9 Å². The first-order valence-electron chi connectivity index (χ1n) is 5.39. The van der Waals surface area contributed by atoms with Crippen molar-refractivity contribution in [2.75, 3.05) is 11.1 Å². The molecule has 0 bridgehead atoms. The van der Waals surface area contributed by atoms with Crippen molar-refractivity contribution in [3.8, 4) is 0 Å². The van der Waals surface area contributed by atoms with Crippen LogP contribution < -0.4 is 11.1 Å². The van der Waals surface area contributed by atoms with Crippen molar-refractivity contribution in [3.63, 3.8) is 0 Å². The number of carbonyl (C=O) groups excluding carboxylic acids is 1. The van der Waals surface area contributed by atoms with E-state index in [0.717, 1.165) is 5.56 Å². The molecule has 0 fully saturated rings. The van der Waals surface area contributed by atoms with Crippen LogP contribution in [0.4, 0.5) is 11.4 Å². The lowest BCUT2D eigenvalue weighted by atomic mass is 10.1. The fourth-order valence-corrected chi connectivity index (χ4v) is 1.51. The van der Waals surface area contributed by atoms with Crippen LogP contribution in [0.1, 0.15) is 15.9 Å². The summed E-state index contributed by atoms with van der Waals surface area (Å²) in [6.07, 6.45) is 0. The van der Waals surface area contributed by atoms with E-state index in [0.29, 0.717) is 16.9 Å². The highest BCUT2D eigenvalue weighted by atomic mass is 16.1. The molecule has 0 aliphatic rings. The number of amides is 1. The summed E-state index contributed by atoms with van der Waals surface area (Å²) in [6, 6.07) is 14.6. The van der Waals surface area contributed by atoms with Gasteiger partial charge in [0.1, 0.15) is 0 Å². The number of rotatable bonds is 2. The van der Waals surface area contributed by atoms with E-state index in [1.54, 1.807) is 18.2 Å². The predicted octanol–water partition coefficient (Wildman–Crippen LogP) is 2.83. The Bertz CT molecular complexity index is 535. The van der Waals surface area contributed by atoms with Gasteiger partial charge in [-0.05, 0) is 36.8 Å². The summed E-state index contributed by atoms with van der Waals surface area (Å²) in [5, 5.41) is 2.81. The van der Waals surface area contributed by atoms with Gasteiger partial charge in [-0.2, -0.15) is 0 Å². The van der Waals surface area contributed by atoms with Crippen molar-refractivity contribution >= 4 is 17.3 Å². The first-order valence-corrected chi connectivity index (χ1v) is 5.39. The zero-order chi connectivity index (χ0) is 12.3. The summed E-state index contributed by atoms with van der Waals surface area (Å²) in [7, 11) is 0. The lowest BCUT2D eigenvalue weighted by molar-refractivity contribution is 0.102. The van der Waals surface area contributed by atoms with Gasteiger partial charge in [-0.1, -0.05) is 24.3 Å². The summed E-state index contributed by atoms with van der Waals surface area (Å²) in [5.74, 6) is -0.131. The Balaban J connectivity index is 2.16. The van der Waals surface area contributed by atoms with Crippen molar-refractivity contribution in [1.82, 2.24) is 0 Å². The van der Waals surface area contributed by atoms with Gasteiger partial charge in [0.2, 0.25) is 0 Å². The minimum Gasteiger partial charge on any atom is -0.398 e. The second-order valence-electron chi connectivity index (χ2n) is 3.89. The minimum atomic E-state index is -0.131. The van der Waals surface area contributed by atoms with Crippen molar-refractivity contribution < 1.29 is 4.79 Å². The Morgan fingerprint density at radius 1 is 1.12 bits per heavy atom. The molecule has 17 heavy (non-hydrogen) atoms. The van der Waals surface area contributed by atoms with Crippen LogP contribution in [0.5, 0.6) is 0 Å². The normalized spacial score (nSPS) is 9.94. The molecular weight excluding hydrogens is 212 g/mol. The van der Waals surface area contributed by atoms with Gasteiger partial charge in [0.15, 0.2) is 0 Å². The molecule has 1 amide bonds. The van der Waals surface area contributed by atoms with Gasteiger partial charge in [-0.3, -0.25) is 4.79 Å². The highest BCUT2D eigenvalue weighted by Crippen LogP contribution is 2.17. The van der Waals surface area contributed by atoms with Gasteiger partial charge in [0.25, 0.3) is 5.91 Å². The van der Waals surface area contributed by atoms with E-state index in [4.69, 9.17) is 5.73 Å². The van der Waals surface area contributed by atoms with Crippen LogP contribution in [-0.2, 0) is 0 Å². The molecule has 0 aliphatic carbocycles. The Labute approximate surface area is 100 Å². The Morgan fingerprint density at radius 3 is 2.47 bits per heavy atom. The summed E-state index contributed by atoms with van der Waals surface area (Å²) in [6.45, 7) is 1.93. The predicted molar refractivity (Wildman–Crippen MR) is 70.0 cm³/mol. The van der Waals surface area contributed by atoms with Crippen LogP contribution in [0.3, 0.4) is 0 Å². The van der Waals surface area contributed by atoms with E-state index in [1.165, 1.54) is 0 Å². The number of hydrogen-bond acceptors (Lipinski definition) is 2. The SMILES string of the molecule is Cc1ccc(NC(=O)c2ccccc2)cc1N. The van der Waals surface area contributed by atoms with Crippen LogP contribution in [-0.4, -0.2) is 5.91 Å². The number of nitrogens with two attached hydrogens (primary N) is 1. The molecule has 2 aromatic rings. The molecule has 2 rings (SSSR count). The Kier molecular flexibility index (Phi) is 3.10. The number of aryl methyl sites for hydroxylation is 1. The molecule has 0 aromatic heterocycles. The van der Waals surface area contributed by atoms with Crippen LogP contribution in [0.15, 0.2) is 48.5 Å². The van der Waals surface area contributed by atoms with E-state index in [-0.39, 0.29) is 5.91 Å². The monoisotopic (exact) mass is 226 g/mol. The topological polar surface area (TPSA) is 55.1 Å². The molecule has 2 aromatic carbocycles. The van der Waals surface area contributed by atoms with E-state index in [1.807, 2.05) is 37.3 Å². The molecule has 3 nitrogen and oxygen atoms in total. The largest absolute Gasteiger partial charge is 0.398 e. The van der Waals surface area contributed by atoms with E-state index >= 15 is 0 Å². The maximum absolute atomic E-state index is 11.9. The summed E-state index contributed by atoms with van der Waals surface area (Å²) < 4.78 is 0. The average molecular weight is 226 g/mol. The standard InChI is InChI=1S/C14H14N2O/c1-10-7-8-12(9-13(10)15)16-14(17)11-5-3-2-4-6-11/h2-9H,15H2,1H3,(H,16,17). The fourth-order valence-electron chi connectivity index (χ4n) is 1.51. The average Bonchev–Trinajstić information content (AvgIpc) is 2.35. The summed E-state index contributed by atoms with van der Waals surface area (Å²) in [4.78, 5) is 11.9. The Morgan fingerprint density at radius 2 is 1.82 bits per heavy atom. The number of nitrogen functional groups attached to an aromatic ring is 1. The third-order valence-corrected chi connectivity index (χ3v) is 2.57. The van der Waals surface area contributed by atoms with Gasteiger partial charge in [0.05, 0.1) is 0 Å². The number of benzene rings is 2. The molecule has 3 N–H and O–H groups in total. The van der Waals surface area contributed by atoms with E-state index in [2.05, 4.69) is 5.32 Å². The van der Waals surface area contributed by atoms with E-state index in [9.17, 15) is 4.79 Å².